The summed E-state index contributed by atoms with van der Waals surface area (Å²) in [7, 11) is 0. The highest BCUT2D eigenvalue weighted by molar-refractivity contribution is 5.80. The molecule has 1 aromatic heterocycles. The summed E-state index contributed by atoms with van der Waals surface area (Å²) in [6.45, 7) is 4.32. The molecule has 2 amide bonds. The van der Waals surface area contributed by atoms with Crippen LogP contribution in [0.4, 0.5) is 4.79 Å². The van der Waals surface area contributed by atoms with Gasteiger partial charge in [-0.05, 0) is 41.5 Å². The highest BCUT2D eigenvalue weighted by Gasteiger charge is 2.14. The third kappa shape index (κ3) is 4.49. The molecule has 0 bridgehead atoms. The zero-order valence-electron chi connectivity index (χ0n) is 15.5. The third-order valence-electron chi connectivity index (χ3n) is 5.17. The number of aromatic nitrogens is 1. The molecule has 0 atom stereocenters. The first kappa shape index (κ1) is 17.6. The van der Waals surface area contributed by atoms with E-state index < -0.39 is 0 Å². The van der Waals surface area contributed by atoms with Crippen LogP contribution in [0.15, 0.2) is 54.6 Å². The van der Waals surface area contributed by atoms with Crippen LogP contribution in [0.1, 0.15) is 23.2 Å². The van der Waals surface area contributed by atoms with Gasteiger partial charge in [0.15, 0.2) is 0 Å². The molecule has 27 heavy (non-hydrogen) atoms. The van der Waals surface area contributed by atoms with Crippen LogP contribution in [0.5, 0.6) is 0 Å². The van der Waals surface area contributed by atoms with Gasteiger partial charge in [0.2, 0.25) is 0 Å². The second-order valence-electron chi connectivity index (χ2n) is 7.14. The number of hydrogen-bond acceptors (Lipinski definition) is 2. The SMILES string of the molecule is O=C(NCCCN1CCc2ccccc2C1)NCc1cc2ccccc2[nH]1. The molecule has 0 fully saturated rings. The highest BCUT2D eigenvalue weighted by Crippen LogP contribution is 2.18. The fraction of sp³-hybridized carbons (Fsp3) is 0.318. The van der Waals surface area contributed by atoms with E-state index in [-0.39, 0.29) is 6.03 Å². The van der Waals surface area contributed by atoms with Crippen molar-refractivity contribution in [2.75, 3.05) is 19.6 Å². The maximum atomic E-state index is 12.0. The van der Waals surface area contributed by atoms with Gasteiger partial charge in [0.1, 0.15) is 0 Å². The molecule has 140 valence electrons. The average Bonchev–Trinajstić information content (AvgIpc) is 3.12. The lowest BCUT2D eigenvalue weighted by Crippen LogP contribution is -2.37. The number of benzene rings is 2. The fourth-order valence-electron chi connectivity index (χ4n) is 3.72. The van der Waals surface area contributed by atoms with Crippen LogP contribution < -0.4 is 10.6 Å². The van der Waals surface area contributed by atoms with Gasteiger partial charge in [-0.1, -0.05) is 42.5 Å². The number of para-hydroxylation sites is 1. The number of rotatable bonds is 6. The number of carbonyl (C=O) groups is 1. The molecule has 4 rings (SSSR count). The first-order valence-electron chi connectivity index (χ1n) is 9.65. The van der Waals surface area contributed by atoms with E-state index in [0.29, 0.717) is 13.1 Å². The van der Waals surface area contributed by atoms with Crippen molar-refractivity contribution >= 4 is 16.9 Å². The van der Waals surface area contributed by atoms with Gasteiger partial charge >= 0.3 is 6.03 Å². The summed E-state index contributed by atoms with van der Waals surface area (Å²) in [6.07, 6.45) is 2.08. The molecule has 0 spiro atoms. The van der Waals surface area contributed by atoms with E-state index in [2.05, 4.69) is 56.9 Å². The lowest BCUT2D eigenvalue weighted by Gasteiger charge is -2.28. The number of hydrogen-bond donors (Lipinski definition) is 3. The minimum Gasteiger partial charge on any atom is -0.357 e. The second kappa shape index (κ2) is 8.27. The zero-order chi connectivity index (χ0) is 18.5. The molecular weight excluding hydrogens is 336 g/mol. The van der Waals surface area contributed by atoms with Crippen molar-refractivity contribution in [1.29, 1.82) is 0 Å². The van der Waals surface area contributed by atoms with Crippen molar-refractivity contribution in [3.05, 3.63) is 71.4 Å². The van der Waals surface area contributed by atoms with E-state index in [9.17, 15) is 4.79 Å². The molecule has 2 heterocycles. The molecule has 0 aliphatic carbocycles. The van der Waals surface area contributed by atoms with Crippen LogP contribution in [-0.2, 0) is 19.5 Å². The molecule has 5 heteroatoms. The first-order valence-corrected chi connectivity index (χ1v) is 9.65. The van der Waals surface area contributed by atoms with Crippen LogP contribution in [0, 0.1) is 0 Å². The molecule has 2 aromatic carbocycles. The van der Waals surface area contributed by atoms with Crippen molar-refractivity contribution in [1.82, 2.24) is 20.5 Å². The molecule has 0 radical (unpaired) electrons. The van der Waals surface area contributed by atoms with Gasteiger partial charge in [-0.15, -0.1) is 0 Å². The van der Waals surface area contributed by atoms with Gasteiger partial charge in [0.25, 0.3) is 0 Å². The Morgan fingerprint density at radius 2 is 1.85 bits per heavy atom. The Bertz CT molecular complexity index is 884. The molecule has 0 unspecified atom stereocenters. The van der Waals surface area contributed by atoms with Crippen LogP contribution in [-0.4, -0.2) is 35.5 Å². The van der Waals surface area contributed by atoms with Crippen LogP contribution in [0.25, 0.3) is 10.9 Å². The maximum Gasteiger partial charge on any atom is 0.315 e. The average molecular weight is 362 g/mol. The van der Waals surface area contributed by atoms with E-state index in [1.54, 1.807) is 0 Å². The highest BCUT2D eigenvalue weighted by atomic mass is 16.2. The third-order valence-corrected chi connectivity index (χ3v) is 5.17. The topological polar surface area (TPSA) is 60.2 Å². The Balaban J connectivity index is 1.15. The Morgan fingerprint density at radius 1 is 1.04 bits per heavy atom. The molecule has 0 saturated carbocycles. The van der Waals surface area contributed by atoms with E-state index >= 15 is 0 Å². The summed E-state index contributed by atoms with van der Waals surface area (Å²) in [5, 5.41) is 7.04. The van der Waals surface area contributed by atoms with Crippen LogP contribution >= 0.6 is 0 Å². The van der Waals surface area contributed by atoms with Gasteiger partial charge in [-0.3, -0.25) is 4.90 Å². The predicted octanol–water partition coefficient (Wildman–Crippen LogP) is 3.42. The van der Waals surface area contributed by atoms with Crippen molar-refractivity contribution in [3.8, 4) is 0 Å². The molecular formula is C22H26N4O. The number of H-pyrrole nitrogens is 1. The lowest BCUT2D eigenvalue weighted by atomic mass is 10.00. The summed E-state index contributed by atoms with van der Waals surface area (Å²) in [5.41, 5.74) is 5.02. The number of carbonyl (C=O) groups excluding carboxylic acids is 1. The van der Waals surface area contributed by atoms with Gasteiger partial charge in [0, 0.05) is 37.4 Å². The van der Waals surface area contributed by atoms with Crippen LogP contribution in [0.3, 0.4) is 0 Å². The van der Waals surface area contributed by atoms with Crippen molar-refractivity contribution in [2.45, 2.75) is 25.9 Å². The molecule has 3 aromatic rings. The number of nitrogens with zero attached hydrogens (tertiary/aromatic N) is 1. The molecule has 1 aliphatic heterocycles. The summed E-state index contributed by atoms with van der Waals surface area (Å²) in [4.78, 5) is 17.8. The monoisotopic (exact) mass is 362 g/mol. The minimum absolute atomic E-state index is 0.113. The van der Waals surface area contributed by atoms with Gasteiger partial charge < -0.3 is 15.6 Å². The lowest BCUT2D eigenvalue weighted by molar-refractivity contribution is 0.234. The first-order chi connectivity index (χ1) is 13.3. The maximum absolute atomic E-state index is 12.0. The quantitative estimate of drug-likeness (QED) is 0.589. The van der Waals surface area contributed by atoms with Crippen LogP contribution in [0.2, 0.25) is 0 Å². The Labute approximate surface area is 159 Å². The molecule has 1 aliphatic rings. The van der Waals surface area contributed by atoms with Gasteiger partial charge in [-0.2, -0.15) is 0 Å². The minimum atomic E-state index is -0.113. The fourth-order valence-corrected chi connectivity index (χ4v) is 3.72. The number of aromatic amines is 1. The largest absolute Gasteiger partial charge is 0.357 e. The Kier molecular flexibility index (Phi) is 5.39. The number of urea groups is 1. The van der Waals surface area contributed by atoms with Crippen molar-refractivity contribution in [2.24, 2.45) is 0 Å². The predicted molar refractivity (Wildman–Crippen MR) is 109 cm³/mol. The standard InChI is InChI=1S/C22H26N4O/c27-22(24-15-20-14-18-7-3-4-9-21(18)25-20)23-11-5-12-26-13-10-17-6-1-2-8-19(17)16-26/h1-4,6-9,14,25H,5,10-13,15-16H2,(H2,23,24,27). The zero-order valence-corrected chi connectivity index (χ0v) is 15.5. The molecule has 0 saturated heterocycles. The van der Waals surface area contributed by atoms with Gasteiger partial charge in [-0.25, -0.2) is 4.79 Å². The number of fused-ring (bicyclic) bond motifs is 2. The van der Waals surface area contributed by atoms with E-state index in [1.165, 1.54) is 11.1 Å². The van der Waals surface area contributed by atoms with Gasteiger partial charge in [0.05, 0.1) is 6.54 Å². The number of amides is 2. The molecule has 3 N–H and O–H groups in total. The second-order valence-corrected chi connectivity index (χ2v) is 7.14. The smallest absolute Gasteiger partial charge is 0.315 e. The Morgan fingerprint density at radius 3 is 2.74 bits per heavy atom. The van der Waals surface area contributed by atoms with E-state index in [0.717, 1.165) is 49.1 Å². The normalized spacial score (nSPS) is 14.1. The summed E-state index contributed by atoms with van der Waals surface area (Å²) in [6, 6.07) is 18.8. The van der Waals surface area contributed by atoms with E-state index in [1.807, 2.05) is 18.2 Å². The van der Waals surface area contributed by atoms with Crippen molar-refractivity contribution < 1.29 is 4.79 Å². The summed E-state index contributed by atoms with van der Waals surface area (Å²) in [5.74, 6) is 0. The number of nitrogens with one attached hydrogen (secondary N) is 3. The summed E-state index contributed by atoms with van der Waals surface area (Å²) < 4.78 is 0. The molecule has 5 nitrogen and oxygen atoms in total. The van der Waals surface area contributed by atoms with E-state index in [4.69, 9.17) is 0 Å². The van der Waals surface area contributed by atoms with Crippen molar-refractivity contribution in [3.63, 3.8) is 0 Å². The Hall–Kier alpha value is -2.79. The summed E-state index contributed by atoms with van der Waals surface area (Å²) >= 11 is 0.